The smallest absolute Gasteiger partial charge is 0.223 e. The summed E-state index contributed by atoms with van der Waals surface area (Å²) in [5.41, 5.74) is 2.42. The number of fused-ring (bicyclic) bond motifs is 1. The van der Waals surface area contributed by atoms with Crippen molar-refractivity contribution in [3.8, 4) is 5.75 Å². The van der Waals surface area contributed by atoms with E-state index in [9.17, 15) is 0 Å². The first-order chi connectivity index (χ1) is 8.83. The molecular weight excluding hydrogens is 226 g/mol. The lowest BCUT2D eigenvalue weighted by molar-refractivity contribution is 0.274. The fraction of sp³-hybridized carbons (Fsp3) is 0.286. The van der Waals surface area contributed by atoms with Gasteiger partial charge in [-0.3, -0.25) is 0 Å². The molecule has 3 rings (SSSR count). The highest BCUT2D eigenvalue weighted by atomic mass is 16.5. The Balaban J connectivity index is 1.89. The van der Waals surface area contributed by atoms with Crippen LogP contribution in [0.25, 0.3) is 0 Å². The summed E-state index contributed by atoms with van der Waals surface area (Å²) in [7, 11) is 0. The van der Waals surface area contributed by atoms with Gasteiger partial charge in [0.15, 0.2) is 0 Å². The average molecular weight is 241 g/mol. The quantitative estimate of drug-likeness (QED) is 0.878. The van der Waals surface area contributed by atoms with Gasteiger partial charge in [-0.05, 0) is 19.1 Å². The molecule has 0 aliphatic carbocycles. The van der Waals surface area contributed by atoms with Crippen LogP contribution in [-0.2, 0) is 0 Å². The van der Waals surface area contributed by atoms with E-state index in [1.807, 2.05) is 12.1 Å². The van der Waals surface area contributed by atoms with Crippen LogP contribution < -0.4 is 10.1 Å². The van der Waals surface area contributed by atoms with Crippen molar-refractivity contribution in [2.75, 3.05) is 11.9 Å². The molecule has 18 heavy (non-hydrogen) atoms. The predicted octanol–water partition coefficient (Wildman–Crippen LogP) is 2.72. The maximum Gasteiger partial charge on any atom is 0.223 e. The third-order valence-electron chi connectivity index (χ3n) is 3.07. The zero-order valence-electron chi connectivity index (χ0n) is 10.3. The van der Waals surface area contributed by atoms with Crippen molar-refractivity contribution in [2.24, 2.45) is 0 Å². The Labute approximate surface area is 106 Å². The van der Waals surface area contributed by atoms with Crippen molar-refractivity contribution < 1.29 is 4.74 Å². The minimum absolute atomic E-state index is 0.219. The third-order valence-corrected chi connectivity index (χ3v) is 3.07. The van der Waals surface area contributed by atoms with E-state index in [0.29, 0.717) is 5.95 Å². The van der Waals surface area contributed by atoms with E-state index in [2.05, 4.69) is 34.3 Å². The summed E-state index contributed by atoms with van der Waals surface area (Å²) in [5.74, 6) is 1.62. The van der Waals surface area contributed by atoms with Gasteiger partial charge in [-0.1, -0.05) is 17.7 Å². The Morgan fingerprint density at radius 2 is 2.11 bits per heavy atom. The number of rotatable bonds is 2. The third kappa shape index (κ3) is 2.14. The van der Waals surface area contributed by atoms with Crippen LogP contribution in [0.1, 0.15) is 23.6 Å². The first-order valence-corrected chi connectivity index (χ1v) is 6.10. The molecule has 92 valence electrons. The molecule has 0 amide bonds. The van der Waals surface area contributed by atoms with Crippen molar-refractivity contribution in [2.45, 2.75) is 19.4 Å². The molecule has 0 saturated carbocycles. The summed E-state index contributed by atoms with van der Waals surface area (Å²) >= 11 is 0. The Hall–Kier alpha value is -2.10. The van der Waals surface area contributed by atoms with Gasteiger partial charge < -0.3 is 10.1 Å². The minimum atomic E-state index is 0.219. The molecule has 0 fully saturated rings. The number of aryl methyl sites for hydroxylation is 1. The van der Waals surface area contributed by atoms with Gasteiger partial charge in [-0.2, -0.15) is 0 Å². The van der Waals surface area contributed by atoms with Crippen LogP contribution in [-0.4, -0.2) is 16.6 Å². The lowest BCUT2D eigenvalue weighted by atomic mass is 9.99. The van der Waals surface area contributed by atoms with E-state index in [1.54, 1.807) is 12.4 Å². The van der Waals surface area contributed by atoms with E-state index in [4.69, 9.17) is 4.74 Å². The first kappa shape index (κ1) is 11.0. The lowest BCUT2D eigenvalue weighted by Gasteiger charge is -2.27. The van der Waals surface area contributed by atoms with Gasteiger partial charge in [0.1, 0.15) is 5.75 Å². The molecule has 4 nitrogen and oxygen atoms in total. The maximum atomic E-state index is 5.67. The number of ether oxygens (including phenoxy) is 1. The molecule has 1 unspecified atom stereocenters. The van der Waals surface area contributed by atoms with E-state index in [1.165, 1.54) is 11.1 Å². The second-order valence-electron chi connectivity index (χ2n) is 4.45. The Bertz CT molecular complexity index is 542. The van der Waals surface area contributed by atoms with Crippen molar-refractivity contribution in [3.05, 3.63) is 47.8 Å². The molecule has 1 atom stereocenters. The summed E-state index contributed by atoms with van der Waals surface area (Å²) in [6, 6.07) is 8.29. The summed E-state index contributed by atoms with van der Waals surface area (Å²) in [6.45, 7) is 2.81. The summed E-state index contributed by atoms with van der Waals surface area (Å²) < 4.78 is 5.67. The second kappa shape index (κ2) is 4.64. The molecule has 1 N–H and O–H groups in total. The van der Waals surface area contributed by atoms with Gasteiger partial charge in [-0.15, -0.1) is 0 Å². The molecular formula is C14H15N3O. The molecule has 0 spiro atoms. The molecule has 1 aliphatic rings. The molecule has 1 aliphatic heterocycles. The number of anilines is 1. The number of nitrogens with one attached hydrogen (secondary N) is 1. The van der Waals surface area contributed by atoms with Crippen LogP contribution in [0.3, 0.4) is 0 Å². The van der Waals surface area contributed by atoms with Gasteiger partial charge >= 0.3 is 0 Å². The normalized spacial score (nSPS) is 17.7. The van der Waals surface area contributed by atoms with Crippen LogP contribution in [0.4, 0.5) is 5.95 Å². The number of aromatic nitrogens is 2. The van der Waals surface area contributed by atoms with E-state index < -0.39 is 0 Å². The predicted molar refractivity (Wildman–Crippen MR) is 69.7 cm³/mol. The molecule has 1 aromatic carbocycles. The highest BCUT2D eigenvalue weighted by Gasteiger charge is 2.21. The highest BCUT2D eigenvalue weighted by molar-refractivity contribution is 5.44. The van der Waals surface area contributed by atoms with E-state index in [0.717, 1.165) is 18.8 Å². The number of hydrogen-bond acceptors (Lipinski definition) is 4. The highest BCUT2D eigenvalue weighted by Crippen LogP contribution is 2.34. The fourth-order valence-electron chi connectivity index (χ4n) is 2.19. The molecule has 0 saturated heterocycles. The van der Waals surface area contributed by atoms with Gasteiger partial charge in [0.05, 0.1) is 12.6 Å². The average Bonchev–Trinajstić information content (AvgIpc) is 2.41. The van der Waals surface area contributed by atoms with Crippen LogP contribution in [0.15, 0.2) is 36.7 Å². The minimum Gasteiger partial charge on any atom is -0.493 e. The monoisotopic (exact) mass is 241 g/mol. The Kier molecular flexibility index (Phi) is 2.84. The van der Waals surface area contributed by atoms with Gasteiger partial charge in [0.2, 0.25) is 5.95 Å². The topological polar surface area (TPSA) is 47.0 Å². The van der Waals surface area contributed by atoms with Crippen LogP contribution in [0, 0.1) is 6.92 Å². The largest absolute Gasteiger partial charge is 0.493 e. The van der Waals surface area contributed by atoms with Gasteiger partial charge in [-0.25, -0.2) is 9.97 Å². The zero-order chi connectivity index (χ0) is 12.4. The molecule has 2 aromatic rings. The van der Waals surface area contributed by atoms with Crippen molar-refractivity contribution >= 4 is 5.95 Å². The molecule has 1 aromatic heterocycles. The van der Waals surface area contributed by atoms with Crippen LogP contribution >= 0.6 is 0 Å². The summed E-state index contributed by atoms with van der Waals surface area (Å²) in [6.07, 6.45) is 4.41. The Morgan fingerprint density at radius 3 is 2.94 bits per heavy atom. The molecule has 0 radical (unpaired) electrons. The number of hydrogen-bond donors (Lipinski definition) is 1. The second-order valence-corrected chi connectivity index (χ2v) is 4.45. The van der Waals surface area contributed by atoms with Crippen molar-refractivity contribution in [1.82, 2.24) is 9.97 Å². The van der Waals surface area contributed by atoms with Gasteiger partial charge in [0.25, 0.3) is 0 Å². The zero-order valence-corrected chi connectivity index (χ0v) is 10.3. The summed E-state index contributed by atoms with van der Waals surface area (Å²) in [4.78, 5) is 8.41. The van der Waals surface area contributed by atoms with Crippen molar-refractivity contribution in [1.29, 1.82) is 0 Å². The molecule has 2 heterocycles. The number of nitrogens with zero attached hydrogens (tertiary/aromatic N) is 2. The number of benzene rings is 1. The van der Waals surface area contributed by atoms with E-state index in [-0.39, 0.29) is 6.04 Å². The van der Waals surface area contributed by atoms with E-state index >= 15 is 0 Å². The standard InChI is InChI=1S/C14H15N3O/c1-10-3-4-13-11(9-10)12(5-8-18-13)17-14-15-6-2-7-16-14/h2-4,6-7,9,12H,5,8H2,1H3,(H,15,16,17). The Morgan fingerprint density at radius 1 is 1.28 bits per heavy atom. The lowest BCUT2D eigenvalue weighted by Crippen LogP contribution is -2.21. The van der Waals surface area contributed by atoms with Crippen molar-refractivity contribution in [3.63, 3.8) is 0 Å². The first-order valence-electron chi connectivity index (χ1n) is 6.10. The molecule has 4 heteroatoms. The maximum absolute atomic E-state index is 5.67. The molecule has 0 bridgehead atoms. The fourth-order valence-corrected chi connectivity index (χ4v) is 2.19. The van der Waals surface area contributed by atoms with Crippen LogP contribution in [0.5, 0.6) is 5.75 Å². The SMILES string of the molecule is Cc1ccc2c(c1)C(Nc1ncccn1)CCO2. The summed E-state index contributed by atoms with van der Waals surface area (Å²) in [5, 5.41) is 3.36. The van der Waals surface area contributed by atoms with Gasteiger partial charge in [0, 0.05) is 24.4 Å². The van der Waals surface area contributed by atoms with Crippen LogP contribution in [0.2, 0.25) is 0 Å².